The predicted molar refractivity (Wildman–Crippen MR) is 138 cm³/mol. The Balaban J connectivity index is 0. The molecule has 0 aromatic carbocycles. The van der Waals surface area contributed by atoms with Crippen LogP contribution in [0.2, 0.25) is 0 Å². The lowest BCUT2D eigenvalue weighted by atomic mass is 9.99. The van der Waals surface area contributed by atoms with Crippen molar-refractivity contribution < 1.29 is 17.2 Å². The van der Waals surface area contributed by atoms with E-state index in [0.717, 1.165) is 12.8 Å². The van der Waals surface area contributed by atoms with Crippen molar-refractivity contribution in [1.29, 1.82) is 0 Å². The monoisotopic (exact) mass is 479 g/mol. The van der Waals surface area contributed by atoms with E-state index in [2.05, 4.69) is 11.1 Å². The summed E-state index contributed by atoms with van der Waals surface area (Å²) in [5.41, 5.74) is -0.880. The van der Waals surface area contributed by atoms with Gasteiger partial charge in [-0.3, -0.25) is 4.18 Å². The highest BCUT2D eigenvalue weighted by molar-refractivity contribution is 7.80. The molecule has 0 rings (SSSR count). The maximum Gasteiger partial charge on any atom is 0.218 e. The lowest BCUT2D eigenvalue weighted by Crippen LogP contribution is -2.27. The summed E-state index contributed by atoms with van der Waals surface area (Å²) >= 11 is 0. The summed E-state index contributed by atoms with van der Waals surface area (Å²) in [6.45, 7) is 5.61. The molecule has 0 bridgehead atoms. The summed E-state index contributed by atoms with van der Waals surface area (Å²) in [6, 6.07) is 0. The highest BCUT2D eigenvalue weighted by Crippen LogP contribution is 2.21. The molecule has 0 saturated heterocycles. The molecule has 0 fully saturated rings. The van der Waals surface area contributed by atoms with Crippen LogP contribution in [0.15, 0.2) is 0 Å². The van der Waals surface area contributed by atoms with E-state index in [-0.39, 0.29) is 6.15 Å². The van der Waals surface area contributed by atoms with Crippen LogP contribution in [-0.4, -0.2) is 18.6 Å². The third-order valence-corrected chi connectivity index (χ3v) is 6.87. The zero-order valence-corrected chi connectivity index (χ0v) is 22.9. The van der Waals surface area contributed by atoms with Crippen LogP contribution in [0.25, 0.3) is 0 Å². The third-order valence-electron chi connectivity index (χ3n) is 6.21. The van der Waals surface area contributed by atoms with Crippen molar-refractivity contribution in [1.82, 2.24) is 6.15 Å². The van der Waals surface area contributed by atoms with Crippen LogP contribution in [0, 0.1) is 0 Å². The van der Waals surface area contributed by atoms with Crippen molar-refractivity contribution in [3.8, 4) is 0 Å². The Morgan fingerprint density at radius 3 is 1.06 bits per heavy atom. The molecule has 4 N–H and O–H groups in total. The Hall–Kier alpha value is -0.170. The van der Waals surface area contributed by atoms with E-state index >= 15 is 0 Å². The van der Waals surface area contributed by atoms with Crippen LogP contribution >= 0.6 is 0 Å². The lowest BCUT2D eigenvalue weighted by Gasteiger charge is -2.26. The maximum absolute atomic E-state index is 10.7. The van der Waals surface area contributed by atoms with Gasteiger partial charge in [-0.1, -0.05) is 142 Å². The first-order valence-electron chi connectivity index (χ1n) is 13.4. The first-order valence-corrected chi connectivity index (χ1v) is 14.8. The molecule has 0 saturated carbocycles. The lowest BCUT2D eigenvalue weighted by molar-refractivity contribution is 0.0856. The fourth-order valence-corrected chi connectivity index (χ4v) is 4.94. The maximum atomic E-state index is 10.7. The second-order valence-corrected chi connectivity index (χ2v) is 11.1. The molecule has 0 radical (unpaired) electrons. The standard InChI is InChI=1S/C26H54O4S.H3N/c1-4-5-6-7-8-9-10-11-12-13-14-15-16-17-18-19-20-21-22-23-24-25-26(2,3)30-31(27,28)29;/h4-25H2,1-3H3,(H,27,28,29);1H3. The molecule has 0 heterocycles. The highest BCUT2D eigenvalue weighted by atomic mass is 32.3. The SMILES string of the molecule is CCCCCCCCCCCCCCCCCCCCCCCC(C)(C)OS(=O)(=O)[O-].[NH4+]. The van der Waals surface area contributed by atoms with Crippen LogP contribution in [0.5, 0.6) is 0 Å². The molecule has 0 atom stereocenters. The summed E-state index contributed by atoms with van der Waals surface area (Å²) in [6.07, 6.45) is 28.9. The van der Waals surface area contributed by atoms with Gasteiger partial charge >= 0.3 is 0 Å². The molecule has 6 heteroatoms. The van der Waals surface area contributed by atoms with E-state index < -0.39 is 16.0 Å². The predicted octanol–water partition coefficient (Wildman–Crippen LogP) is 9.22. The van der Waals surface area contributed by atoms with Gasteiger partial charge in [-0.05, 0) is 20.3 Å². The molecule has 0 aliphatic heterocycles. The van der Waals surface area contributed by atoms with Crippen molar-refractivity contribution in [3.05, 3.63) is 0 Å². The Morgan fingerprint density at radius 1 is 0.562 bits per heavy atom. The van der Waals surface area contributed by atoms with Crippen LogP contribution in [-0.2, 0) is 14.6 Å². The van der Waals surface area contributed by atoms with E-state index in [4.69, 9.17) is 0 Å². The van der Waals surface area contributed by atoms with Gasteiger partial charge in [0.1, 0.15) is 0 Å². The first kappa shape index (κ1) is 34.0. The number of unbranched alkanes of at least 4 members (excludes halogenated alkanes) is 20. The molecule has 0 aliphatic rings. The Labute approximate surface area is 201 Å². The molecule has 0 aromatic rings. The summed E-state index contributed by atoms with van der Waals surface area (Å²) in [5.74, 6) is 0. The molecule has 0 unspecified atom stereocenters. The van der Waals surface area contributed by atoms with E-state index in [0.29, 0.717) is 6.42 Å². The molecule has 5 nitrogen and oxygen atoms in total. The van der Waals surface area contributed by atoms with Gasteiger partial charge in [-0.25, -0.2) is 8.42 Å². The first-order chi connectivity index (χ1) is 14.8. The van der Waals surface area contributed by atoms with Gasteiger partial charge in [-0.15, -0.1) is 0 Å². The average Bonchev–Trinajstić information content (AvgIpc) is 2.67. The van der Waals surface area contributed by atoms with E-state index in [1.54, 1.807) is 13.8 Å². The second-order valence-electron chi connectivity index (χ2n) is 10.1. The summed E-state index contributed by atoms with van der Waals surface area (Å²) in [5, 5.41) is 0. The summed E-state index contributed by atoms with van der Waals surface area (Å²) < 4.78 is 36.6. The van der Waals surface area contributed by atoms with Crippen molar-refractivity contribution >= 4 is 10.4 Å². The molecular weight excluding hydrogens is 422 g/mol. The highest BCUT2D eigenvalue weighted by Gasteiger charge is 2.21. The van der Waals surface area contributed by atoms with E-state index in [1.807, 2.05) is 0 Å². The fourth-order valence-electron chi connectivity index (χ4n) is 4.30. The normalized spacial score (nSPS) is 12.1. The Morgan fingerprint density at radius 2 is 0.812 bits per heavy atom. The van der Waals surface area contributed by atoms with Gasteiger partial charge in [0, 0.05) is 0 Å². The summed E-state index contributed by atoms with van der Waals surface area (Å²) in [7, 11) is -4.61. The zero-order valence-electron chi connectivity index (χ0n) is 22.1. The molecule has 0 aliphatic carbocycles. The molecule has 0 aromatic heterocycles. The van der Waals surface area contributed by atoms with Crippen LogP contribution < -0.4 is 6.15 Å². The zero-order chi connectivity index (χ0) is 23.3. The quantitative estimate of drug-likeness (QED) is 0.0846. The number of quaternary nitrogens is 1. The van der Waals surface area contributed by atoms with Gasteiger partial charge in [0.15, 0.2) is 0 Å². The van der Waals surface area contributed by atoms with Crippen molar-refractivity contribution in [2.24, 2.45) is 0 Å². The van der Waals surface area contributed by atoms with Crippen molar-refractivity contribution in [2.75, 3.05) is 0 Å². The minimum absolute atomic E-state index is 0. The van der Waals surface area contributed by atoms with Crippen LogP contribution in [0.1, 0.15) is 162 Å². The second kappa shape index (κ2) is 22.6. The fraction of sp³-hybridized carbons (Fsp3) is 1.00. The minimum atomic E-state index is -4.61. The smallest absolute Gasteiger partial charge is 0.218 e. The minimum Gasteiger partial charge on any atom is -0.726 e. The van der Waals surface area contributed by atoms with Crippen molar-refractivity contribution in [3.63, 3.8) is 0 Å². The van der Waals surface area contributed by atoms with E-state index in [1.165, 1.54) is 122 Å². The van der Waals surface area contributed by atoms with Gasteiger partial charge in [0.25, 0.3) is 0 Å². The molecule has 32 heavy (non-hydrogen) atoms. The Kier molecular flexibility index (Phi) is 24.0. The van der Waals surface area contributed by atoms with Crippen LogP contribution in [0.4, 0.5) is 0 Å². The Bertz CT molecular complexity index is 480. The number of hydrogen-bond donors (Lipinski definition) is 1. The van der Waals surface area contributed by atoms with Gasteiger partial charge in [0.05, 0.1) is 5.60 Å². The molecule has 0 spiro atoms. The van der Waals surface area contributed by atoms with Gasteiger partial charge < -0.3 is 10.7 Å². The van der Waals surface area contributed by atoms with Crippen molar-refractivity contribution in [2.45, 2.75) is 168 Å². The largest absolute Gasteiger partial charge is 0.726 e. The molecule has 196 valence electrons. The number of rotatable bonds is 24. The summed E-state index contributed by atoms with van der Waals surface area (Å²) in [4.78, 5) is 0. The van der Waals surface area contributed by atoms with Gasteiger partial charge in [0.2, 0.25) is 10.4 Å². The van der Waals surface area contributed by atoms with E-state index in [9.17, 15) is 13.0 Å². The van der Waals surface area contributed by atoms with Gasteiger partial charge in [-0.2, -0.15) is 0 Å². The topological polar surface area (TPSA) is 103 Å². The third kappa shape index (κ3) is 27.9. The number of hydrogen-bond acceptors (Lipinski definition) is 4. The molecular formula is C26H57NO4S. The van der Waals surface area contributed by atoms with Crippen LogP contribution in [0.3, 0.4) is 0 Å². The average molecular weight is 480 g/mol. The molecule has 0 amide bonds.